The molecule has 1 aromatic heterocycles. The lowest BCUT2D eigenvalue weighted by atomic mass is 9.98. The fraction of sp³-hybridized carbons (Fsp3) is 0.467. The Labute approximate surface area is 119 Å². The molecule has 0 aliphatic carbocycles. The Morgan fingerprint density at radius 2 is 2.25 bits per heavy atom. The van der Waals surface area contributed by atoms with Crippen molar-refractivity contribution >= 4 is 5.95 Å². The van der Waals surface area contributed by atoms with Crippen molar-refractivity contribution in [2.24, 2.45) is 5.73 Å². The van der Waals surface area contributed by atoms with E-state index in [0.717, 1.165) is 37.6 Å². The molecule has 1 aliphatic heterocycles. The van der Waals surface area contributed by atoms with Gasteiger partial charge >= 0.3 is 0 Å². The standard InChI is InChI=1S/C15H21N5/c1-11-5-2-3-6-12(11)13-8-10-17-15-18-14(7-4-9-16)19-20(13)15/h2-3,5-6,13H,4,7-10,16H2,1H3,(H,17,18,19). The van der Waals surface area contributed by atoms with Gasteiger partial charge in [-0.3, -0.25) is 0 Å². The van der Waals surface area contributed by atoms with Crippen LogP contribution in [0.5, 0.6) is 0 Å². The number of hydrogen-bond acceptors (Lipinski definition) is 4. The van der Waals surface area contributed by atoms with Crippen molar-refractivity contribution in [2.75, 3.05) is 18.4 Å². The van der Waals surface area contributed by atoms with Crippen molar-refractivity contribution in [3.05, 3.63) is 41.2 Å². The second-order valence-corrected chi connectivity index (χ2v) is 5.28. The Kier molecular flexibility index (Phi) is 3.69. The molecule has 1 atom stereocenters. The average Bonchev–Trinajstić information content (AvgIpc) is 2.88. The van der Waals surface area contributed by atoms with Gasteiger partial charge in [0.1, 0.15) is 0 Å². The van der Waals surface area contributed by atoms with E-state index >= 15 is 0 Å². The summed E-state index contributed by atoms with van der Waals surface area (Å²) in [6.07, 6.45) is 2.81. The number of aromatic nitrogens is 3. The minimum absolute atomic E-state index is 0.284. The molecule has 0 fully saturated rings. The highest BCUT2D eigenvalue weighted by Crippen LogP contribution is 2.30. The van der Waals surface area contributed by atoms with Crippen LogP contribution in [0.4, 0.5) is 5.95 Å². The molecule has 1 unspecified atom stereocenters. The summed E-state index contributed by atoms with van der Waals surface area (Å²) in [5.74, 6) is 1.77. The summed E-state index contributed by atoms with van der Waals surface area (Å²) in [7, 11) is 0. The maximum Gasteiger partial charge on any atom is 0.221 e. The first-order chi connectivity index (χ1) is 9.79. The summed E-state index contributed by atoms with van der Waals surface area (Å²) in [5.41, 5.74) is 8.21. The molecule has 0 spiro atoms. The zero-order chi connectivity index (χ0) is 13.9. The Hall–Kier alpha value is -1.88. The molecule has 1 aromatic carbocycles. The molecule has 0 bridgehead atoms. The van der Waals surface area contributed by atoms with E-state index < -0.39 is 0 Å². The lowest BCUT2D eigenvalue weighted by Gasteiger charge is -2.25. The number of nitrogens with zero attached hydrogens (tertiary/aromatic N) is 3. The van der Waals surface area contributed by atoms with E-state index in [1.54, 1.807) is 0 Å². The topological polar surface area (TPSA) is 68.8 Å². The Balaban J connectivity index is 1.93. The summed E-state index contributed by atoms with van der Waals surface area (Å²) in [4.78, 5) is 4.58. The number of hydrogen-bond donors (Lipinski definition) is 2. The van der Waals surface area contributed by atoms with Crippen LogP contribution in [0.15, 0.2) is 24.3 Å². The number of fused-ring (bicyclic) bond motifs is 1. The molecule has 0 saturated heterocycles. The maximum absolute atomic E-state index is 5.56. The molecule has 2 aromatic rings. The molecule has 5 nitrogen and oxygen atoms in total. The first-order valence-electron chi connectivity index (χ1n) is 7.24. The number of rotatable bonds is 4. The van der Waals surface area contributed by atoms with Crippen LogP contribution in [0, 0.1) is 6.92 Å². The summed E-state index contributed by atoms with van der Waals surface area (Å²) in [6, 6.07) is 8.80. The van der Waals surface area contributed by atoms with Crippen LogP contribution in [0.1, 0.15) is 35.8 Å². The summed E-state index contributed by atoms with van der Waals surface area (Å²) in [5, 5.41) is 8.01. The highest BCUT2D eigenvalue weighted by molar-refractivity contribution is 5.36. The van der Waals surface area contributed by atoms with Gasteiger partial charge in [0.2, 0.25) is 5.95 Å². The van der Waals surface area contributed by atoms with E-state index in [9.17, 15) is 0 Å². The molecule has 5 heteroatoms. The fourth-order valence-corrected chi connectivity index (χ4v) is 2.76. The smallest absolute Gasteiger partial charge is 0.221 e. The van der Waals surface area contributed by atoms with Crippen molar-refractivity contribution in [3.8, 4) is 0 Å². The lowest BCUT2D eigenvalue weighted by Crippen LogP contribution is -2.25. The Bertz CT molecular complexity index is 590. The molecule has 2 heterocycles. The molecule has 3 rings (SSSR count). The van der Waals surface area contributed by atoms with Gasteiger partial charge in [-0.25, -0.2) is 4.68 Å². The first-order valence-corrected chi connectivity index (χ1v) is 7.24. The summed E-state index contributed by atoms with van der Waals surface area (Å²) in [6.45, 7) is 3.77. The van der Waals surface area contributed by atoms with Gasteiger partial charge in [0.05, 0.1) is 6.04 Å². The van der Waals surface area contributed by atoms with Crippen LogP contribution in [-0.4, -0.2) is 27.9 Å². The van der Waals surface area contributed by atoms with Gasteiger partial charge in [-0.2, -0.15) is 10.1 Å². The van der Waals surface area contributed by atoms with Crippen molar-refractivity contribution in [1.82, 2.24) is 14.8 Å². The SMILES string of the molecule is Cc1ccccc1C1CCNc2nc(CCCN)nn21. The number of benzene rings is 1. The second kappa shape index (κ2) is 5.63. The molecule has 0 saturated carbocycles. The van der Waals surface area contributed by atoms with E-state index in [-0.39, 0.29) is 6.04 Å². The first kappa shape index (κ1) is 13.1. The van der Waals surface area contributed by atoms with Crippen LogP contribution in [0.3, 0.4) is 0 Å². The van der Waals surface area contributed by atoms with E-state index in [2.05, 4.69) is 46.6 Å². The van der Waals surface area contributed by atoms with E-state index in [0.29, 0.717) is 6.54 Å². The Morgan fingerprint density at radius 1 is 1.40 bits per heavy atom. The van der Waals surface area contributed by atoms with Crippen molar-refractivity contribution < 1.29 is 0 Å². The zero-order valence-electron chi connectivity index (χ0n) is 11.8. The van der Waals surface area contributed by atoms with Crippen LogP contribution in [0.25, 0.3) is 0 Å². The predicted octanol–water partition coefficient (Wildman–Crippen LogP) is 1.88. The summed E-state index contributed by atoms with van der Waals surface area (Å²) < 4.78 is 2.04. The lowest BCUT2D eigenvalue weighted by molar-refractivity contribution is 0.475. The molecular formula is C15H21N5. The maximum atomic E-state index is 5.56. The van der Waals surface area contributed by atoms with E-state index in [1.165, 1.54) is 11.1 Å². The van der Waals surface area contributed by atoms with Gasteiger partial charge < -0.3 is 11.1 Å². The molecule has 20 heavy (non-hydrogen) atoms. The molecule has 0 radical (unpaired) electrons. The number of nitrogens with one attached hydrogen (secondary N) is 1. The van der Waals surface area contributed by atoms with Gasteiger partial charge in [-0.1, -0.05) is 24.3 Å². The third-order valence-corrected chi connectivity index (χ3v) is 3.82. The fourth-order valence-electron chi connectivity index (χ4n) is 2.76. The van der Waals surface area contributed by atoms with Crippen molar-refractivity contribution in [1.29, 1.82) is 0 Å². The van der Waals surface area contributed by atoms with Crippen molar-refractivity contribution in [2.45, 2.75) is 32.2 Å². The number of anilines is 1. The molecule has 1 aliphatic rings. The Morgan fingerprint density at radius 3 is 3.05 bits per heavy atom. The highest BCUT2D eigenvalue weighted by atomic mass is 15.4. The van der Waals surface area contributed by atoms with Crippen LogP contribution >= 0.6 is 0 Å². The largest absolute Gasteiger partial charge is 0.354 e. The normalized spacial score (nSPS) is 17.6. The third kappa shape index (κ3) is 2.41. The minimum Gasteiger partial charge on any atom is -0.354 e. The van der Waals surface area contributed by atoms with Crippen molar-refractivity contribution in [3.63, 3.8) is 0 Å². The quantitative estimate of drug-likeness (QED) is 0.891. The highest BCUT2D eigenvalue weighted by Gasteiger charge is 2.25. The van der Waals surface area contributed by atoms with Crippen LogP contribution in [0.2, 0.25) is 0 Å². The summed E-state index contributed by atoms with van der Waals surface area (Å²) >= 11 is 0. The van der Waals surface area contributed by atoms with Crippen LogP contribution < -0.4 is 11.1 Å². The zero-order valence-corrected chi connectivity index (χ0v) is 11.8. The van der Waals surface area contributed by atoms with E-state index in [4.69, 9.17) is 5.73 Å². The third-order valence-electron chi connectivity index (χ3n) is 3.82. The average molecular weight is 271 g/mol. The minimum atomic E-state index is 0.284. The predicted molar refractivity (Wildman–Crippen MR) is 79.8 cm³/mol. The van der Waals surface area contributed by atoms with Gasteiger partial charge in [0, 0.05) is 13.0 Å². The molecule has 3 N–H and O–H groups in total. The monoisotopic (exact) mass is 271 g/mol. The van der Waals surface area contributed by atoms with Gasteiger partial charge in [-0.15, -0.1) is 0 Å². The molecule has 0 amide bonds. The van der Waals surface area contributed by atoms with E-state index in [1.807, 2.05) is 4.68 Å². The van der Waals surface area contributed by atoms with Gasteiger partial charge in [0.25, 0.3) is 0 Å². The number of aryl methyl sites for hydroxylation is 2. The van der Waals surface area contributed by atoms with Gasteiger partial charge in [0.15, 0.2) is 5.82 Å². The molecule has 106 valence electrons. The van der Waals surface area contributed by atoms with Gasteiger partial charge in [-0.05, 0) is 37.4 Å². The number of nitrogens with two attached hydrogens (primary N) is 1. The molecular weight excluding hydrogens is 250 g/mol. The van der Waals surface area contributed by atoms with Crippen LogP contribution in [-0.2, 0) is 6.42 Å². The second-order valence-electron chi connectivity index (χ2n) is 5.28.